The van der Waals surface area contributed by atoms with E-state index >= 15 is 0 Å². The maximum Gasteiger partial charge on any atom is 0.490 e. The van der Waals surface area contributed by atoms with E-state index in [0.717, 1.165) is 19.3 Å². The van der Waals surface area contributed by atoms with Crippen LogP contribution in [0.25, 0.3) is 0 Å². The van der Waals surface area contributed by atoms with Crippen LogP contribution in [-0.2, 0) is 15.6 Å². The van der Waals surface area contributed by atoms with E-state index in [1.807, 2.05) is 6.92 Å². The van der Waals surface area contributed by atoms with Crippen LogP contribution in [0.2, 0.25) is 18.1 Å². The van der Waals surface area contributed by atoms with Gasteiger partial charge in [0.25, 0.3) is 0 Å². The number of carboxylic acids is 1. The number of nitrogens with zero attached hydrogens (tertiary/aromatic N) is 2. The quantitative estimate of drug-likeness (QED) is 0.684. The van der Waals surface area contributed by atoms with Gasteiger partial charge in [-0.25, -0.2) is 4.79 Å². The largest absolute Gasteiger partial charge is 0.490 e. The summed E-state index contributed by atoms with van der Waals surface area (Å²) in [7, 11) is -1.82. The SMILES string of the molecule is C[C@@H](O[Si](C)(C)C(C)(C)C)c1nnc(C[C@H]2C[C@@H](N)C2)o1.O=C(O)C(F)(F)F. The standard InChI is InChI=1S/C15H29N3O2Si.C2HF3O2/c1-10(20-21(5,6)15(2,3)4)14-18-17-13(19-14)9-11-7-12(16)8-11;3-2(4,5)1(6)7/h10-12H,7-9,16H2,1-6H3;(H,6,7)/t10-,11-,12+;/m1./s1. The molecule has 1 aliphatic carbocycles. The number of aliphatic carboxylic acids is 1. The molecular formula is C17H30F3N3O4Si. The Hall–Kier alpha value is -1.46. The summed E-state index contributed by atoms with van der Waals surface area (Å²) in [6, 6.07) is 0.359. The molecule has 1 saturated carbocycles. The summed E-state index contributed by atoms with van der Waals surface area (Å²) < 4.78 is 43.8. The number of nitrogens with two attached hydrogens (primary N) is 1. The summed E-state index contributed by atoms with van der Waals surface area (Å²) in [6.07, 6.45) is -2.26. The van der Waals surface area contributed by atoms with E-state index in [-0.39, 0.29) is 11.1 Å². The number of carbonyl (C=O) groups is 1. The third-order valence-corrected chi connectivity index (χ3v) is 9.64. The van der Waals surface area contributed by atoms with Crippen molar-refractivity contribution < 1.29 is 31.9 Å². The highest BCUT2D eigenvalue weighted by molar-refractivity contribution is 6.74. The molecule has 2 rings (SSSR count). The summed E-state index contributed by atoms with van der Waals surface area (Å²) in [5.74, 6) is -0.844. The number of hydrogen-bond donors (Lipinski definition) is 2. The first-order valence-electron chi connectivity index (χ1n) is 9.08. The van der Waals surface area contributed by atoms with E-state index in [0.29, 0.717) is 23.7 Å². The lowest BCUT2D eigenvalue weighted by Crippen LogP contribution is -2.41. The van der Waals surface area contributed by atoms with Crippen molar-refractivity contribution in [2.24, 2.45) is 11.7 Å². The summed E-state index contributed by atoms with van der Waals surface area (Å²) in [6.45, 7) is 13.1. The molecule has 1 fully saturated rings. The van der Waals surface area contributed by atoms with E-state index in [4.69, 9.17) is 24.5 Å². The smallest absolute Gasteiger partial charge is 0.475 e. The Morgan fingerprint density at radius 2 is 1.82 bits per heavy atom. The summed E-state index contributed by atoms with van der Waals surface area (Å²) in [5, 5.41) is 15.6. The molecular weight excluding hydrogens is 395 g/mol. The van der Waals surface area contributed by atoms with Crippen LogP contribution in [0, 0.1) is 5.92 Å². The molecule has 1 aliphatic rings. The van der Waals surface area contributed by atoms with Crippen LogP contribution in [0.15, 0.2) is 4.42 Å². The van der Waals surface area contributed by atoms with Gasteiger partial charge in [0.05, 0.1) is 0 Å². The fraction of sp³-hybridized carbons (Fsp3) is 0.824. The Kier molecular flexibility index (Phi) is 7.82. The molecule has 0 unspecified atom stereocenters. The van der Waals surface area contributed by atoms with Gasteiger partial charge < -0.3 is 19.7 Å². The van der Waals surface area contributed by atoms with Crippen molar-refractivity contribution in [3.8, 4) is 0 Å². The monoisotopic (exact) mass is 425 g/mol. The topological polar surface area (TPSA) is 111 Å². The van der Waals surface area contributed by atoms with Gasteiger partial charge in [-0.1, -0.05) is 20.8 Å². The maximum atomic E-state index is 10.6. The van der Waals surface area contributed by atoms with Crippen molar-refractivity contribution in [1.29, 1.82) is 0 Å². The summed E-state index contributed by atoms with van der Waals surface area (Å²) in [5.41, 5.74) is 5.80. The molecule has 0 spiro atoms. The Morgan fingerprint density at radius 3 is 2.21 bits per heavy atom. The molecule has 1 aromatic rings. The predicted octanol–water partition coefficient (Wildman–Crippen LogP) is 4.07. The molecule has 28 heavy (non-hydrogen) atoms. The normalized spacial score (nSPS) is 21.4. The highest BCUT2D eigenvalue weighted by Crippen LogP contribution is 2.39. The van der Waals surface area contributed by atoms with Gasteiger partial charge in [-0.2, -0.15) is 13.2 Å². The van der Waals surface area contributed by atoms with Crippen molar-refractivity contribution in [3.63, 3.8) is 0 Å². The highest BCUT2D eigenvalue weighted by atomic mass is 28.4. The van der Waals surface area contributed by atoms with Crippen LogP contribution in [-0.4, -0.2) is 41.8 Å². The van der Waals surface area contributed by atoms with Gasteiger partial charge in [-0.05, 0) is 43.8 Å². The molecule has 11 heteroatoms. The molecule has 1 atom stereocenters. The van der Waals surface area contributed by atoms with Crippen molar-refractivity contribution in [2.45, 2.75) is 83.4 Å². The molecule has 1 aromatic heterocycles. The molecule has 0 radical (unpaired) electrons. The number of halogens is 3. The average molecular weight is 426 g/mol. The molecule has 0 bridgehead atoms. The van der Waals surface area contributed by atoms with Crippen molar-refractivity contribution in [3.05, 3.63) is 11.8 Å². The Labute approximate surface area is 164 Å². The van der Waals surface area contributed by atoms with Crippen LogP contribution in [0.1, 0.15) is 58.4 Å². The molecule has 3 N–H and O–H groups in total. The fourth-order valence-electron chi connectivity index (χ4n) is 2.38. The second-order valence-electron chi connectivity index (χ2n) is 8.66. The molecule has 0 aromatic carbocycles. The molecule has 0 aliphatic heterocycles. The van der Waals surface area contributed by atoms with Gasteiger partial charge in [0.1, 0.15) is 6.10 Å². The zero-order chi connectivity index (χ0) is 21.9. The zero-order valence-electron chi connectivity index (χ0n) is 17.1. The lowest BCUT2D eigenvalue weighted by atomic mass is 9.79. The van der Waals surface area contributed by atoms with E-state index in [1.54, 1.807) is 0 Å². The van der Waals surface area contributed by atoms with Gasteiger partial charge in [0, 0.05) is 12.5 Å². The minimum Gasteiger partial charge on any atom is -0.475 e. The number of hydrogen-bond acceptors (Lipinski definition) is 6. The van der Waals surface area contributed by atoms with Gasteiger partial charge in [0.2, 0.25) is 11.8 Å². The Morgan fingerprint density at radius 1 is 1.32 bits per heavy atom. The Balaban J connectivity index is 0.000000480. The lowest BCUT2D eigenvalue weighted by Gasteiger charge is -2.37. The Bertz CT molecular complexity index is 653. The van der Waals surface area contributed by atoms with E-state index in [2.05, 4.69) is 44.1 Å². The third-order valence-electron chi connectivity index (χ3n) is 5.09. The van der Waals surface area contributed by atoms with E-state index in [9.17, 15) is 13.2 Å². The van der Waals surface area contributed by atoms with Gasteiger partial charge in [-0.15, -0.1) is 10.2 Å². The van der Waals surface area contributed by atoms with Crippen molar-refractivity contribution in [2.75, 3.05) is 0 Å². The zero-order valence-corrected chi connectivity index (χ0v) is 18.1. The molecule has 0 amide bonds. The van der Waals surface area contributed by atoms with Crippen LogP contribution in [0.5, 0.6) is 0 Å². The minimum absolute atomic E-state index is 0.143. The first-order valence-corrected chi connectivity index (χ1v) is 12.0. The number of rotatable bonds is 5. The van der Waals surface area contributed by atoms with Gasteiger partial charge >= 0.3 is 12.1 Å². The van der Waals surface area contributed by atoms with Crippen LogP contribution < -0.4 is 5.73 Å². The first kappa shape index (κ1) is 24.6. The number of alkyl halides is 3. The first-order chi connectivity index (χ1) is 12.5. The van der Waals surface area contributed by atoms with Gasteiger partial charge in [-0.3, -0.25) is 0 Å². The summed E-state index contributed by atoms with van der Waals surface area (Å²) in [4.78, 5) is 8.90. The second kappa shape index (κ2) is 8.91. The van der Waals surface area contributed by atoms with E-state index in [1.165, 1.54) is 0 Å². The van der Waals surface area contributed by atoms with Crippen LogP contribution >= 0.6 is 0 Å². The molecule has 1 heterocycles. The number of carboxylic acid groups (broad SMARTS) is 1. The fourth-order valence-corrected chi connectivity index (χ4v) is 3.72. The van der Waals surface area contributed by atoms with Crippen molar-refractivity contribution in [1.82, 2.24) is 10.2 Å². The number of aromatic nitrogens is 2. The highest BCUT2D eigenvalue weighted by Gasteiger charge is 2.40. The van der Waals surface area contributed by atoms with E-state index < -0.39 is 20.5 Å². The lowest BCUT2D eigenvalue weighted by molar-refractivity contribution is -0.192. The van der Waals surface area contributed by atoms with Gasteiger partial charge in [0.15, 0.2) is 8.32 Å². The second-order valence-corrected chi connectivity index (χ2v) is 13.4. The minimum atomic E-state index is -5.08. The van der Waals surface area contributed by atoms with Crippen LogP contribution in [0.4, 0.5) is 13.2 Å². The molecule has 7 nitrogen and oxygen atoms in total. The van der Waals surface area contributed by atoms with Crippen molar-refractivity contribution >= 4 is 14.3 Å². The predicted molar refractivity (Wildman–Crippen MR) is 99.1 cm³/mol. The third kappa shape index (κ3) is 7.17. The summed E-state index contributed by atoms with van der Waals surface area (Å²) >= 11 is 0. The molecule has 162 valence electrons. The van der Waals surface area contributed by atoms with Crippen LogP contribution in [0.3, 0.4) is 0 Å². The average Bonchev–Trinajstić information content (AvgIpc) is 2.92. The maximum absolute atomic E-state index is 10.6. The molecule has 0 saturated heterocycles.